The molecule has 4 heterocycles. The van der Waals surface area contributed by atoms with Crippen molar-refractivity contribution in [2.24, 2.45) is 0 Å². The number of aromatic nitrogens is 2. The fourth-order valence-electron chi connectivity index (χ4n) is 8.75. The summed E-state index contributed by atoms with van der Waals surface area (Å²) in [6.45, 7) is 12.2. The van der Waals surface area contributed by atoms with Crippen LogP contribution in [0.25, 0.3) is 21.8 Å². The standard InChI is InChI=1S/C25H31N3O5.C16H22N2O.C8H9NO3S.C2H6/c1-32-12-10-26-20-13-16(25(30)31)6-7-18(20)21-5-3-4-11-28(21)15-19-17-8-9-27-24(17)22(29)14-23(19)33-2;1-12-10-15(19-2)14(13-6-7-17-16(12)13)11-18-8-4-3-5-9-18;1-13(12)9-7-4-2-3-6(5-7)8(10)11;1-2/h6-9,13-14,21,26-27,29H,3-5,10-12,15H2,1-2H3,(H,30,31);6-7,10,17H,3-5,8-9,11H2,1-2H3;2-5,9H,1H3,(H,10,11);1-2H3. The van der Waals surface area contributed by atoms with Gasteiger partial charge < -0.3 is 49.5 Å². The number of aryl methyl sites for hydroxylation is 1. The van der Waals surface area contributed by atoms with Crippen molar-refractivity contribution in [1.82, 2.24) is 19.8 Å². The number of carboxylic acid groups (broad SMARTS) is 2. The third kappa shape index (κ3) is 13.8. The fourth-order valence-corrected chi connectivity index (χ4v) is 9.21. The first-order chi connectivity index (χ1) is 32.4. The highest BCUT2D eigenvalue weighted by molar-refractivity contribution is 7.85. The van der Waals surface area contributed by atoms with Crippen LogP contribution in [-0.4, -0.2) is 112 Å². The second-order valence-electron chi connectivity index (χ2n) is 16.3. The molecule has 0 aliphatic carbocycles. The number of phenols is 1. The van der Waals surface area contributed by atoms with Crippen LogP contribution >= 0.6 is 0 Å². The minimum absolute atomic E-state index is 0.124. The number of fused-ring (bicyclic) bond motifs is 2. The number of nitrogens with one attached hydrogen (secondary N) is 4. The maximum atomic E-state index is 11.6. The molecule has 0 radical (unpaired) electrons. The topological polar surface area (TPSA) is 202 Å². The van der Waals surface area contributed by atoms with Gasteiger partial charge in [0.1, 0.15) is 28.2 Å². The van der Waals surface area contributed by atoms with Gasteiger partial charge in [-0.1, -0.05) is 38.8 Å². The number of anilines is 2. The van der Waals surface area contributed by atoms with Gasteiger partial charge in [0.25, 0.3) is 0 Å². The lowest BCUT2D eigenvalue weighted by Crippen LogP contribution is -2.33. The SMILES string of the molecule is CC.COCCNc1cc(C(=O)O)ccc1C1CCCCN1Cc1c(OC)cc(O)c2[nH]ccc12.COc1cc(C)c2[nH]ccc2c1CN1CCCCC1.CS(=O)Nc1cccc(C(=O)O)c1. The van der Waals surface area contributed by atoms with Crippen molar-refractivity contribution in [2.75, 3.05) is 70.4 Å². The summed E-state index contributed by atoms with van der Waals surface area (Å²) in [5.41, 5.74) is 8.43. The maximum absolute atomic E-state index is 11.6. The zero-order valence-corrected chi connectivity index (χ0v) is 40.7. The number of H-pyrrole nitrogens is 2. The van der Waals surface area contributed by atoms with Crippen LogP contribution in [-0.2, 0) is 28.8 Å². The number of benzene rings is 4. The first kappa shape index (κ1) is 51.9. The molecule has 0 spiro atoms. The Balaban J connectivity index is 0.000000207. The van der Waals surface area contributed by atoms with E-state index in [2.05, 4.69) is 48.9 Å². The predicted molar refractivity (Wildman–Crippen MR) is 268 cm³/mol. The Bertz CT molecular complexity index is 2570. The molecule has 4 aromatic carbocycles. The van der Waals surface area contributed by atoms with E-state index < -0.39 is 22.9 Å². The molecule has 2 unspecified atom stereocenters. The van der Waals surface area contributed by atoms with E-state index in [4.69, 9.17) is 19.3 Å². The van der Waals surface area contributed by atoms with Crippen LogP contribution in [0.2, 0.25) is 0 Å². The molecule has 16 heteroatoms. The van der Waals surface area contributed by atoms with E-state index in [1.807, 2.05) is 38.4 Å². The molecule has 2 aliphatic heterocycles. The minimum Gasteiger partial charge on any atom is -0.506 e. The minimum atomic E-state index is -1.18. The van der Waals surface area contributed by atoms with Crippen molar-refractivity contribution >= 4 is 56.1 Å². The number of aromatic hydroxyl groups is 1. The number of carboxylic acids is 2. The number of rotatable bonds is 15. The Morgan fingerprint density at radius 2 is 1.40 bits per heavy atom. The van der Waals surface area contributed by atoms with Gasteiger partial charge in [-0.05, 0) is 112 Å². The second kappa shape index (κ2) is 25.7. The average molecular weight is 941 g/mol. The Labute approximate surface area is 396 Å². The van der Waals surface area contributed by atoms with Crippen LogP contribution in [0.4, 0.5) is 11.4 Å². The average Bonchev–Trinajstić information content (AvgIpc) is 4.05. The Kier molecular flexibility index (Phi) is 19.9. The molecule has 2 fully saturated rings. The maximum Gasteiger partial charge on any atom is 0.335 e. The van der Waals surface area contributed by atoms with Gasteiger partial charge >= 0.3 is 11.9 Å². The molecule has 2 atom stereocenters. The van der Waals surface area contributed by atoms with Crippen LogP contribution in [0.3, 0.4) is 0 Å². The number of aromatic carboxylic acids is 2. The number of likely N-dealkylation sites (tertiary alicyclic amines) is 2. The van der Waals surface area contributed by atoms with Gasteiger partial charge in [-0.3, -0.25) is 9.80 Å². The molecule has 15 nitrogen and oxygen atoms in total. The summed E-state index contributed by atoms with van der Waals surface area (Å²) >= 11 is 0. The third-order valence-corrected chi connectivity index (χ3v) is 12.4. The first-order valence-electron chi connectivity index (χ1n) is 22.9. The van der Waals surface area contributed by atoms with Crippen LogP contribution in [0.1, 0.15) is 101 Å². The highest BCUT2D eigenvalue weighted by Gasteiger charge is 2.29. The molecule has 2 aromatic heterocycles. The molecule has 362 valence electrons. The molecule has 67 heavy (non-hydrogen) atoms. The van der Waals surface area contributed by atoms with Crippen LogP contribution in [0.5, 0.6) is 17.2 Å². The van der Waals surface area contributed by atoms with E-state index in [0.717, 1.165) is 60.3 Å². The molecule has 7 N–H and O–H groups in total. The van der Waals surface area contributed by atoms with Crippen molar-refractivity contribution in [1.29, 1.82) is 0 Å². The van der Waals surface area contributed by atoms with Crippen molar-refractivity contribution in [3.05, 3.63) is 113 Å². The summed E-state index contributed by atoms with van der Waals surface area (Å²) in [5.74, 6) is -0.0931. The quantitative estimate of drug-likeness (QED) is 0.0481. The van der Waals surface area contributed by atoms with E-state index in [0.29, 0.717) is 36.6 Å². The first-order valence-corrected chi connectivity index (χ1v) is 24.5. The van der Waals surface area contributed by atoms with Gasteiger partial charge in [0.2, 0.25) is 0 Å². The number of aromatic amines is 2. The Morgan fingerprint density at radius 1 is 0.776 bits per heavy atom. The lowest BCUT2D eigenvalue weighted by molar-refractivity contribution is 0.0686. The summed E-state index contributed by atoms with van der Waals surface area (Å²) < 4.78 is 29.8. The van der Waals surface area contributed by atoms with Crippen molar-refractivity contribution < 1.29 is 43.3 Å². The molecule has 0 amide bonds. The van der Waals surface area contributed by atoms with Crippen molar-refractivity contribution in [3.63, 3.8) is 0 Å². The molecular weight excluding hydrogens is 873 g/mol. The predicted octanol–water partition coefficient (Wildman–Crippen LogP) is 9.95. The number of nitrogens with zero attached hydrogens (tertiary/aromatic N) is 2. The number of hydrogen-bond acceptors (Lipinski definition) is 10. The summed E-state index contributed by atoms with van der Waals surface area (Å²) in [7, 11) is 3.85. The van der Waals surface area contributed by atoms with E-state index in [1.165, 1.54) is 72.8 Å². The Morgan fingerprint density at radius 3 is 2.06 bits per heavy atom. The number of methoxy groups -OCH3 is 3. The molecule has 2 saturated heterocycles. The zero-order valence-electron chi connectivity index (χ0n) is 39.9. The van der Waals surface area contributed by atoms with Crippen LogP contribution in [0.15, 0.2) is 79.1 Å². The van der Waals surface area contributed by atoms with Crippen LogP contribution in [0, 0.1) is 6.92 Å². The lowest BCUT2D eigenvalue weighted by atomic mass is 9.92. The van der Waals surface area contributed by atoms with Gasteiger partial charge in [-0.15, -0.1) is 0 Å². The number of piperidine rings is 2. The zero-order chi connectivity index (χ0) is 48.5. The molecule has 2 aliphatic rings. The van der Waals surface area contributed by atoms with Gasteiger partial charge in [0, 0.05) is 96.3 Å². The van der Waals surface area contributed by atoms with E-state index in [-0.39, 0.29) is 22.9 Å². The summed E-state index contributed by atoms with van der Waals surface area (Å²) in [5, 5.41) is 34.1. The third-order valence-electron chi connectivity index (χ3n) is 11.9. The highest BCUT2D eigenvalue weighted by atomic mass is 32.2. The molecule has 6 aromatic rings. The van der Waals surface area contributed by atoms with Crippen molar-refractivity contribution in [3.8, 4) is 17.2 Å². The second-order valence-corrected chi connectivity index (χ2v) is 17.4. The molecule has 8 rings (SSSR count). The molecule has 0 bridgehead atoms. The largest absolute Gasteiger partial charge is 0.506 e. The number of hydrogen-bond donors (Lipinski definition) is 7. The van der Waals surface area contributed by atoms with E-state index in [1.54, 1.807) is 51.7 Å². The van der Waals surface area contributed by atoms with Gasteiger partial charge in [0.05, 0.1) is 37.5 Å². The lowest BCUT2D eigenvalue weighted by Gasteiger charge is -2.37. The fraction of sp³-hybridized carbons (Fsp3) is 0.412. The molecular formula is C51H68N6O9S. The summed E-state index contributed by atoms with van der Waals surface area (Å²) in [6.07, 6.45) is 12.5. The van der Waals surface area contributed by atoms with Crippen LogP contribution < -0.4 is 19.5 Å². The normalized spacial score (nSPS) is 15.5. The number of phenolic OH excluding ortho intramolecular Hbond substituents is 1. The van der Waals surface area contributed by atoms with E-state index in [9.17, 15) is 24.0 Å². The van der Waals surface area contributed by atoms with Crippen molar-refractivity contribution in [2.45, 2.75) is 78.4 Å². The smallest absolute Gasteiger partial charge is 0.335 e. The monoisotopic (exact) mass is 940 g/mol. The van der Waals surface area contributed by atoms with Gasteiger partial charge in [0.15, 0.2) is 0 Å². The summed E-state index contributed by atoms with van der Waals surface area (Å²) in [4.78, 5) is 33.5. The molecule has 0 saturated carbocycles. The van der Waals surface area contributed by atoms with Gasteiger partial charge in [-0.25, -0.2) is 13.8 Å². The van der Waals surface area contributed by atoms with Gasteiger partial charge in [-0.2, -0.15) is 0 Å². The summed E-state index contributed by atoms with van der Waals surface area (Å²) in [6, 6.07) is 19.6. The highest BCUT2D eigenvalue weighted by Crippen LogP contribution is 2.41. The number of ether oxygens (including phenoxy) is 3. The number of carbonyl (C=O) groups is 2. The van der Waals surface area contributed by atoms with E-state index >= 15 is 0 Å². The Hall–Kier alpha value is -6.07.